The van der Waals surface area contributed by atoms with Crippen LogP contribution in [0.5, 0.6) is 0 Å². The topological polar surface area (TPSA) is 40.5 Å². The lowest BCUT2D eigenvalue weighted by molar-refractivity contribution is -0.128. The van der Waals surface area contributed by atoms with Crippen LogP contribution in [0, 0.1) is 5.92 Å². The predicted molar refractivity (Wildman–Crippen MR) is 107 cm³/mol. The number of rotatable bonds is 6. The van der Waals surface area contributed by atoms with E-state index >= 15 is 0 Å². The van der Waals surface area contributed by atoms with Crippen LogP contribution in [0.3, 0.4) is 0 Å². The molecule has 0 aliphatic carbocycles. The van der Waals surface area contributed by atoms with E-state index in [1.54, 1.807) is 0 Å². The zero-order valence-corrected chi connectivity index (χ0v) is 16.7. The van der Waals surface area contributed by atoms with E-state index in [1.807, 2.05) is 47.4 Å². The Morgan fingerprint density at radius 2 is 1.85 bits per heavy atom. The van der Waals surface area contributed by atoms with Crippen LogP contribution in [0.25, 0.3) is 0 Å². The number of hydrogen-bond acceptors (Lipinski definition) is 2. The van der Waals surface area contributed by atoms with Gasteiger partial charge in [-0.3, -0.25) is 4.79 Å². The summed E-state index contributed by atoms with van der Waals surface area (Å²) in [5.41, 5.74) is 4.09. The standard InChI is InChI=1S/C22H24BrNO2/c1-15(2)20-19(11-12-25)22(26)24(14-16-7-4-3-5-8-16)21(20)17-9-6-10-18(23)13-17/h3-10,13,15,21,25H,11-12,14H2,1-2H3. The number of carbonyl (C=O) groups is 1. The maximum atomic E-state index is 13.2. The molecule has 26 heavy (non-hydrogen) atoms. The second-order valence-corrected chi connectivity index (χ2v) is 7.85. The third-order valence-electron chi connectivity index (χ3n) is 4.82. The van der Waals surface area contributed by atoms with E-state index in [9.17, 15) is 9.90 Å². The third-order valence-corrected chi connectivity index (χ3v) is 5.31. The molecule has 1 aliphatic heterocycles. The van der Waals surface area contributed by atoms with Crippen molar-refractivity contribution < 1.29 is 9.90 Å². The first kappa shape index (κ1) is 18.9. The second kappa shape index (κ2) is 8.19. The lowest BCUT2D eigenvalue weighted by Gasteiger charge is -2.29. The quantitative estimate of drug-likeness (QED) is 0.733. The van der Waals surface area contributed by atoms with E-state index in [0.29, 0.717) is 13.0 Å². The monoisotopic (exact) mass is 413 g/mol. The molecule has 0 saturated heterocycles. The van der Waals surface area contributed by atoms with Crippen molar-refractivity contribution in [1.82, 2.24) is 4.90 Å². The van der Waals surface area contributed by atoms with Crippen LogP contribution in [0.4, 0.5) is 0 Å². The predicted octanol–water partition coefficient (Wildman–Crippen LogP) is 4.87. The lowest BCUT2D eigenvalue weighted by Crippen LogP contribution is -2.30. The molecule has 3 nitrogen and oxygen atoms in total. The molecule has 0 radical (unpaired) electrons. The second-order valence-electron chi connectivity index (χ2n) is 6.94. The average molecular weight is 414 g/mol. The van der Waals surface area contributed by atoms with E-state index < -0.39 is 0 Å². The van der Waals surface area contributed by atoms with Gasteiger partial charge in [-0.05, 0) is 34.8 Å². The molecule has 136 valence electrons. The van der Waals surface area contributed by atoms with Gasteiger partial charge in [-0.25, -0.2) is 0 Å². The van der Waals surface area contributed by atoms with Crippen LogP contribution < -0.4 is 0 Å². The molecular weight excluding hydrogens is 390 g/mol. The highest BCUT2D eigenvalue weighted by molar-refractivity contribution is 9.10. The van der Waals surface area contributed by atoms with Crippen molar-refractivity contribution in [2.24, 2.45) is 5.92 Å². The molecule has 1 aliphatic rings. The molecule has 0 bridgehead atoms. The van der Waals surface area contributed by atoms with Crippen molar-refractivity contribution in [3.8, 4) is 0 Å². The summed E-state index contributed by atoms with van der Waals surface area (Å²) >= 11 is 3.55. The molecule has 0 aromatic heterocycles. The number of aliphatic hydroxyl groups excluding tert-OH is 1. The van der Waals surface area contributed by atoms with Crippen LogP contribution in [-0.4, -0.2) is 22.5 Å². The Balaban J connectivity index is 2.08. The van der Waals surface area contributed by atoms with Crippen molar-refractivity contribution in [2.45, 2.75) is 32.9 Å². The zero-order chi connectivity index (χ0) is 18.7. The highest BCUT2D eigenvalue weighted by Gasteiger charge is 2.40. The fourth-order valence-electron chi connectivity index (χ4n) is 3.75. The molecule has 0 saturated carbocycles. The van der Waals surface area contributed by atoms with Crippen LogP contribution in [0.2, 0.25) is 0 Å². The molecule has 2 aromatic rings. The van der Waals surface area contributed by atoms with Crippen LogP contribution >= 0.6 is 15.9 Å². The number of nitrogens with zero attached hydrogens (tertiary/aromatic N) is 1. The van der Waals surface area contributed by atoms with Crippen molar-refractivity contribution in [1.29, 1.82) is 0 Å². The summed E-state index contributed by atoms with van der Waals surface area (Å²) in [6.45, 7) is 4.79. The van der Waals surface area contributed by atoms with Gasteiger partial charge in [0.1, 0.15) is 0 Å². The van der Waals surface area contributed by atoms with Crippen LogP contribution in [0.15, 0.2) is 70.2 Å². The summed E-state index contributed by atoms with van der Waals surface area (Å²) in [5.74, 6) is 0.266. The summed E-state index contributed by atoms with van der Waals surface area (Å²) in [4.78, 5) is 15.2. The largest absolute Gasteiger partial charge is 0.396 e. The Morgan fingerprint density at radius 3 is 2.46 bits per heavy atom. The Bertz CT molecular complexity index is 814. The van der Waals surface area contributed by atoms with E-state index in [0.717, 1.165) is 26.7 Å². The minimum atomic E-state index is -0.0956. The molecule has 0 fully saturated rings. The van der Waals surface area contributed by atoms with Gasteiger partial charge in [0.25, 0.3) is 5.91 Å². The molecule has 4 heteroatoms. The SMILES string of the molecule is CC(C)C1=C(CCO)C(=O)N(Cc2ccccc2)C1c1cccc(Br)c1. The molecule has 0 spiro atoms. The highest BCUT2D eigenvalue weighted by atomic mass is 79.9. The number of benzene rings is 2. The summed E-state index contributed by atoms with van der Waals surface area (Å²) in [5, 5.41) is 9.51. The van der Waals surface area contributed by atoms with Crippen molar-refractivity contribution in [2.75, 3.05) is 6.61 Å². The van der Waals surface area contributed by atoms with Crippen LogP contribution in [-0.2, 0) is 11.3 Å². The van der Waals surface area contributed by atoms with Crippen LogP contribution in [0.1, 0.15) is 37.4 Å². The van der Waals surface area contributed by atoms with Gasteiger partial charge in [0.2, 0.25) is 0 Å². The summed E-state index contributed by atoms with van der Waals surface area (Å²) < 4.78 is 1.00. The van der Waals surface area contributed by atoms with E-state index in [-0.39, 0.29) is 24.5 Å². The molecular formula is C22H24BrNO2. The van der Waals surface area contributed by atoms with Gasteiger partial charge < -0.3 is 10.0 Å². The van der Waals surface area contributed by atoms with Gasteiger partial charge in [-0.1, -0.05) is 72.2 Å². The first-order valence-corrected chi connectivity index (χ1v) is 9.76. The van der Waals surface area contributed by atoms with Gasteiger partial charge in [0.05, 0.1) is 6.04 Å². The summed E-state index contributed by atoms with van der Waals surface area (Å²) in [7, 11) is 0. The zero-order valence-electron chi connectivity index (χ0n) is 15.2. The van der Waals surface area contributed by atoms with Gasteiger partial charge in [0, 0.05) is 29.6 Å². The smallest absolute Gasteiger partial charge is 0.250 e. The molecule has 3 rings (SSSR count). The molecule has 1 atom stereocenters. The minimum absolute atomic E-state index is 0.0122. The van der Waals surface area contributed by atoms with Crippen molar-refractivity contribution in [3.05, 3.63) is 81.3 Å². The maximum Gasteiger partial charge on any atom is 0.250 e. The molecule has 2 aromatic carbocycles. The first-order chi connectivity index (χ1) is 12.5. The Labute approximate surface area is 163 Å². The Morgan fingerprint density at radius 1 is 1.12 bits per heavy atom. The van der Waals surface area contributed by atoms with Crippen molar-refractivity contribution in [3.63, 3.8) is 0 Å². The number of halogens is 1. The van der Waals surface area contributed by atoms with Gasteiger partial charge >= 0.3 is 0 Å². The summed E-state index contributed by atoms with van der Waals surface area (Å²) in [6, 6.07) is 18.1. The van der Waals surface area contributed by atoms with E-state index in [1.165, 1.54) is 0 Å². The first-order valence-electron chi connectivity index (χ1n) is 8.97. The van der Waals surface area contributed by atoms with Gasteiger partial charge in [0.15, 0.2) is 0 Å². The number of hydrogen-bond donors (Lipinski definition) is 1. The Hall–Kier alpha value is -1.91. The lowest BCUT2D eigenvalue weighted by atomic mass is 9.88. The number of carbonyl (C=O) groups excluding carboxylic acids is 1. The third kappa shape index (κ3) is 3.76. The molecule has 1 unspecified atom stereocenters. The van der Waals surface area contributed by atoms with Gasteiger partial charge in [-0.15, -0.1) is 0 Å². The fraction of sp³-hybridized carbons (Fsp3) is 0.318. The highest BCUT2D eigenvalue weighted by Crippen LogP contribution is 2.43. The molecule has 1 amide bonds. The molecule has 1 N–H and O–H groups in total. The minimum Gasteiger partial charge on any atom is -0.396 e. The van der Waals surface area contributed by atoms with E-state index in [2.05, 4.69) is 41.9 Å². The van der Waals surface area contributed by atoms with Crippen molar-refractivity contribution >= 4 is 21.8 Å². The van der Waals surface area contributed by atoms with Gasteiger partial charge in [-0.2, -0.15) is 0 Å². The van der Waals surface area contributed by atoms with E-state index in [4.69, 9.17) is 0 Å². The summed E-state index contributed by atoms with van der Waals surface area (Å²) in [6.07, 6.45) is 0.405. The number of amides is 1. The average Bonchev–Trinajstić information content (AvgIpc) is 2.89. The Kier molecular flexibility index (Phi) is 5.94. The molecule has 1 heterocycles. The number of aliphatic hydroxyl groups is 1. The fourth-order valence-corrected chi connectivity index (χ4v) is 4.17. The normalized spacial score (nSPS) is 17.5. The maximum absolute atomic E-state index is 13.2.